The molecule has 2 aromatic rings. The first-order valence-electron chi connectivity index (χ1n) is 15.1. The topological polar surface area (TPSA) is 52.6 Å². The number of rotatable bonds is 20. The summed E-state index contributed by atoms with van der Waals surface area (Å²) in [5.41, 5.74) is 2.02. The van der Waals surface area contributed by atoms with E-state index in [1.165, 1.54) is 70.6 Å². The Labute approximate surface area is 231 Å². The fourth-order valence-electron chi connectivity index (χ4n) is 4.50. The molecule has 38 heavy (non-hydrogen) atoms. The third-order valence-corrected chi connectivity index (χ3v) is 7.20. The van der Waals surface area contributed by atoms with Crippen LogP contribution in [0.4, 0.5) is 0 Å². The highest BCUT2D eigenvalue weighted by molar-refractivity contribution is 5.74. The van der Waals surface area contributed by atoms with Crippen molar-refractivity contribution in [3.05, 3.63) is 48.5 Å². The Kier molecular flexibility index (Phi) is 16.2. The van der Waals surface area contributed by atoms with E-state index in [9.17, 15) is 9.59 Å². The molecule has 0 fully saturated rings. The Hall–Kier alpha value is -2.62. The number of hydrogen-bond donors (Lipinski definition) is 0. The van der Waals surface area contributed by atoms with E-state index in [2.05, 4.69) is 13.8 Å². The lowest BCUT2D eigenvalue weighted by Crippen LogP contribution is -2.11. The number of esters is 2. The molecule has 0 aromatic heterocycles. The Morgan fingerprint density at radius 1 is 0.579 bits per heavy atom. The van der Waals surface area contributed by atoms with Crippen LogP contribution in [0.15, 0.2) is 48.5 Å². The van der Waals surface area contributed by atoms with Crippen molar-refractivity contribution < 1.29 is 19.1 Å². The summed E-state index contributed by atoms with van der Waals surface area (Å²) in [7, 11) is 0. The summed E-state index contributed by atoms with van der Waals surface area (Å²) in [5, 5.41) is 0. The van der Waals surface area contributed by atoms with Crippen molar-refractivity contribution in [1.82, 2.24) is 0 Å². The SMILES string of the molecule is CCCCCCCCCCCCCCCC(=O)Oc1ccc(-c2ccc(OC(=O)CC(C)CC)cc2)cc1. The highest BCUT2D eigenvalue weighted by Gasteiger charge is 2.10. The van der Waals surface area contributed by atoms with Crippen LogP contribution >= 0.6 is 0 Å². The third-order valence-electron chi connectivity index (χ3n) is 7.20. The van der Waals surface area contributed by atoms with Gasteiger partial charge in [0.15, 0.2) is 0 Å². The van der Waals surface area contributed by atoms with Gasteiger partial charge in [0.1, 0.15) is 11.5 Å². The molecule has 0 N–H and O–H groups in total. The zero-order valence-electron chi connectivity index (χ0n) is 24.1. The predicted octanol–water partition coefficient (Wildman–Crippen LogP) is 10.1. The van der Waals surface area contributed by atoms with Crippen molar-refractivity contribution in [3.8, 4) is 22.6 Å². The minimum Gasteiger partial charge on any atom is -0.427 e. The number of hydrogen-bond acceptors (Lipinski definition) is 4. The summed E-state index contributed by atoms with van der Waals surface area (Å²) in [4.78, 5) is 24.2. The van der Waals surface area contributed by atoms with Crippen LogP contribution in [0.3, 0.4) is 0 Å². The second-order valence-electron chi connectivity index (χ2n) is 10.7. The fourth-order valence-corrected chi connectivity index (χ4v) is 4.50. The quantitative estimate of drug-likeness (QED) is 0.0986. The molecule has 1 unspecified atom stereocenters. The number of unbranched alkanes of at least 4 members (excludes halogenated alkanes) is 12. The van der Waals surface area contributed by atoms with E-state index in [-0.39, 0.29) is 11.9 Å². The predicted molar refractivity (Wildman–Crippen MR) is 158 cm³/mol. The number of ether oxygens (including phenoxy) is 2. The molecule has 0 radical (unpaired) electrons. The summed E-state index contributed by atoms with van der Waals surface area (Å²) in [6.07, 6.45) is 18.6. The molecule has 0 saturated heterocycles. The summed E-state index contributed by atoms with van der Waals surface area (Å²) in [6, 6.07) is 15.0. The summed E-state index contributed by atoms with van der Waals surface area (Å²) in [5.74, 6) is 1.09. The van der Waals surface area contributed by atoms with Gasteiger partial charge in [0.05, 0.1) is 0 Å². The van der Waals surface area contributed by atoms with E-state index in [0.29, 0.717) is 30.3 Å². The molecule has 0 aliphatic rings. The zero-order valence-corrected chi connectivity index (χ0v) is 24.1. The average Bonchev–Trinajstić information content (AvgIpc) is 2.92. The van der Waals surface area contributed by atoms with Crippen LogP contribution in [0.5, 0.6) is 11.5 Å². The maximum Gasteiger partial charge on any atom is 0.311 e. The van der Waals surface area contributed by atoms with Crippen LogP contribution in [0.1, 0.15) is 124 Å². The van der Waals surface area contributed by atoms with Crippen LogP contribution in [0, 0.1) is 5.92 Å². The molecule has 4 heteroatoms. The lowest BCUT2D eigenvalue weighted by molar-refractivity contribution is -0.136. The third kappa shape index (κ3) is 13.8. The first-order chi connectivity index (χ1) is 18.5. The Morgan fingerprint density at radius 2 is 0.974 bits per heavy atom. The molecule has 0 amide bonds. The van der Waals surface area contributed by atoms with Gasteiger partial charge in [0.2, 0.25) is 0 Å². The molecular weight excluding hydrogens is 472 g/mol. The number of carbonyl (C=O) groups is 2. The van der Waals surface area contributed by atoms with Crippen LogP contribution in [-0.4, -0.2) is 11.9 Å². The molecule has 0 spiro atoms. The largest absolute Gasteiger partial charge is 0.427 e. The molecule has 0 aliphatic heterocycles. The minimum absolute atomic E-state index is 0.163. The van der Waals surface area contributed by atoms with E-state index in [1.54, 1.807) is 0 Å². The van der Waals surface area contributed by atoms with Crippen molar-refractivity contribution in [2.75, 3.05) is 0 Å². The highest BCUT2D eigenvalue weighted by atomic mass is 16.5. The summed E-state index contributed by atoms with van der Waals surface area (Å²) < 4.78 is 11.0. The molecule has 1 atom stereocenters. The van der Waals surface area contributed by atoms with Gasteiger partial charge in [-0.2, -0.15) is 0 Å². The van der Waals surface area contributed by atoms with E-state index in [4.69, 9.17) is 9.47 Å². The van der Waals surface area contributed by atoms with Crippen LogP contribution in [-0.2, 0) is 9.59 Å². The van der Waals surface area contributed by atoms with Crippen molar-refractivity contribution >= 4 is 11.9 Å². The summed E-state index contributed by atoms with van der Waals surface area (Å²) >= 11 is 0. The zero-order chi connectivity index (χ0) is 27.4. The van der Waals surface area contributed by atoms with Gasteiger partial charge in [-0.25, -0.2) is 0 Å². The van der Waals surface area contributed by atoms with Crippen LogP contribution in [0.25, 0.3) is 11.1 Å². The second-order valence-corrected chi connectivity index (χ2v) is 10.7. The van der Waals surface area contributed by atoms with Gasteiger partial charge >= 0.3 is 11.9 Å². The van der Waals surface area contributed by atoms with Gasteiger partial charge in [0, 0.05) is 12.8 Å². The maximum atomic E-state index is 12.2. The number of carbonyl (C=O) groups excluding carboxylic acids is 2. The monoisotopic (exact) mass is 522 g/mol. The Bertz CT molecular complexity index is 901. The average molecular weight is 523 g/mol. The van der Waals surface area contributed by atoms with Crippen molar-refractivity contribution in [2.45, 2.75) is 124 Å². The number of benzene rings is 2. The van der Waals surface area contributed by atoms with E-state index in [1.807, 2.05) is 55.5 Å². The normalized spacial score (nSPS) is 11.8. The van der Waals surface area contributed by atoms with Crippen LogP contribution < -0.4 is 9.47 Å². The van der Waals surface area contributed by atoms with Gasteiger partial charge < -0.3 is 9.47 Å². The molecule has 0 saturated carbocycles. The van der Waals surface area contributed by atoms with E-state index < -0.39 is 0 Å². The van der Waals surface area contributed by atoms with Crippen LogP contribution in [0.2, 0.25) is 0 Å². The fraction of sp³-hybridized carbons (Fsp3) is 0.588. The van der Waals surface area contributed by atoms with Gasteiger partial charge in [-0.05, 0) is 47.7 Å². The molecular formula is C34H50O4. The van der Waals surface area contributed by atoms with Gasteiger partial charge in [0.25, 0.3) is 0 Å². The highest BCUT2D eigenvalue weighted by Crippen LogP contribution is 2.25. The van der Waals surface area contributed by atoms with Crippen molar-refractivity contribution in [2.24, 2.45) is 5.92 Å². The first-order valence-corrected chi connectivity index (χ1v) is 15.1. The smallest absolute Gasteiger partial charge is 0.311 e. The molecule has 210 valence electrons. The van der Waals surface area contributed by atoms with E-state index >= 15 is 0 Å². The lowest BCUT2D eigenvalue weighted by atomic mass is 10.0. The molecule has 0 aliphatic carbocycles. The Balaban J connectivity index is 1.58. The van der Waals surface area contributed by atoms with E-state index in [0.717, 1.165) is 30.4 Å². The molecule has 0 bridgehead atoms. The van der Waals surface area contributed by atoms with Crippen molar-refractivity contribution in [1.29, 1.82) is 0 Å². The maximum absolute atomic E-state index is 12.2. The molecule has 0 heterocycles. The summed E-state index contributed by atoms with van der Waals surface area (Å²) in [6.45, 7) is 6.38. The minimum atomic E-state index is -0.197. The first kappa shape index (κ1) is 31.6. The molecule has 4 nitrogen and oxygen atoms in total. The lowest BCUT2D eigenvalue weighted by Gasteiger charge is -2.09. The second kappa shape index (κ2) is 19.4. The Morgan fingerprint density at radius 3 is 1.39 bits per heavy atom. The van der Waals surface area contributed by atoms with Crippen molar-refractivity contribution in [3.63, 3.8) is 0 Å². The molecule has 2 rings (SSSR count). The molecule has 2 aromatic carbocycles. The standard InChI is InChI=1S/C34H50O4/c1-4-6-7-8-9-10-11-12-13-14-15-16-17-18-33(35)37-31-23-19-29(20-24-31)30-21-25-32(26-22-30)38-34(36)27-28(3)5-2/h19-26,28H,4-18,27H2,1-3H3. The van der Waals surface area contributed by atoms with Gasteiger partial charge in [-0.1, -0.05) is 129 Å². The van der Waals surface area contributed by atoms with Gasteiger partial charge in [-0.3, -0.25) is 9.59 Å². The van der Waals surface area contributed by atoms with Gasteiger partial charge in [-0.15, -0.1) is 0 Å².